The smallest absolute Gasteiger partial charge is 0.191 e. The molecule has 1 aromatic heterocycles. The molecular weight excluding hydrogens is 248 g/mol. The van der Waals surface area contributed by atoms with Crippen LogP contribution in [0.5, 0.6) is 0 Å². The van der Waals surface area contributed by atoms with Crippen molar-refractivity contribution in [2.24, 2.45) is 0 Å². The first-order valence-corrected chi connectivity index (χ1v) is 7.42. The van der Waals surface area contributed by atoms with Crippen LogP contribution in [0.25, 0.3) is 0 Å². The average molecular weight is 268 g/mol. The second kappa shape index (κ2) is 6.24. The highest BCUT2D eigenvalue weighted by atomic mass is 32.2. The second-order valence-electron chi connectivity index (χ2n) is 4.33. The van der Waals surface area contributed by atoms with E-state index in [4.69, 9.17) is 4.74 Å². The Balaban J connectivity index is 2.24. The molecule has 1 aliphatic rings. The van der Waals surface area contributed by atoms with Gasteiger partial charge in [0.2, 0.25) is 0 Å². The van der Waals surface area contributed by atoms with Crippen LogP contribution in [0.2, 0.25) is 0 Å². The molecule has 1 atom stereocenters. The van der Waals surface area contributed by atoms with Gasteiger partial charge in [-0.1, -0.05) is 11.8 Å². The molecule has 1 saturated heterocycles. The fourth-order valence-electron chi connectivity index (χ4n) is 2.00. The van der Waals surface area contributed by atoms with Gasteiger partial charge >= 0.3 is 0 Å². The fourth-order valence-corrected chi connectivity index (χ4v) is 2.37. The highest BCUT2D eigenvalue weighted by Crippen LogP contribution is 2.21. The molecule has 0 spiro atoms. The molecular formula is C12H20N4OS. The zero-order valence-corrected chi connectivity index (χ0v) is 12.0. The van der Waals surface area contributed by atoms with Crippen molar-refractivity contribution in [3.63, 3.8) is 0 Å². The summed E-state index contributed by atoms with van der Waals surface area (Å²) in [4.78, 5) is 11.3. The number of hydrogen-bond acceptors (Lipinski definition) is 6. The number of aromatic nitrogens is 2. The van der Waals surface area contributed by atoms with Gasteiger partial charge in [-0.25, -0.2) is 9.97 Å². The van der Waals surface area contributed by atoms with Crippen molar-refractivity contribution in [1.29, 1.82) is 0 Å². The average Bonchev–Trinajstić information content (AvgIpc) is 2.62. The lowest BCUT2D eigenvalue weighted by Crippen LogP contribution is -2.31. The van der Waals surface area contributed by atoms with Crippen LogP contribution in [0.15, 0.2) is 11.2 Å². The number of rotatable bonds is 3. The lowest BCUT2D eigenvalue weighted by atomic mass is 10.3. The third-order valence-electron chi connectivity index (χ3n) is 2.91. The molecule has 0 radical (unpaired) electrons. The Morgan fingerprint density at radius 2 is 2.33 bits per heavy atom. The molecule has 2 rings (SSSR count). The maximum atomic E-state index is 5.66. The second-order valence-corrected chi connectivity index (χ2v) is 5.10. The Morgan fingerprint density at radius 1 is 1.50 bits per heavy atom. The monoisotopic (exact) mass is 268 g/mol. The Hall–Kier alpha value is -1.01. The van der Waals surface area contributed by atoms with E-state index in [2.05, 4.69) is 27.1 Å². The lowest BCUT2D eigenvalue weighted by Gasteiger charge is -2.23. The van der Waals surface area contributed by atoms with Crippen LogP contribution in [0.1, 0.15) is 13.3 Å². The van der Waals surface area contributed by atoms with E-state index in [0.29, 0.717) is 0 Å². The molecule has 5 nitrogen and oxygen atoms in total. The molecule has 0 bridgehead atoms. The minimum absolute atomic E-state index is 0.248. The molecule has 0 aliphatic carbocycles. The number of anilines is 2. The third-order valence-corrected chi connectivity index (χ3v) is 3.45. The first kappa shape index (κ1) is 13.4. The van der Waals surface area contributed by atoms with E-state index in [1.807, 2.05) is 19.4 Å². The Bertz CT molecular complexity index is 379. The fraction of sp³-hybridized carbons (Fsp3) is 0.667. The Morgan fingerprint density at radius 3 is 3.06 bits per heavy atom. The van der Waals surface area contributed by atoms with Gasteiger partial charge in [0.25, 0.3) is 0 Å². The molecule has 6 heteroatoms. The summed E-state index contributed by atoms with van der Waals surface area (Å²) < 4.78 is 5.66. The van der Waals surface area contributed by atoms with Crippen LogP contribution in [0.4, 0.5) is 11.6 Å². The first-order chi connectivity index (χ1) is 8.72. The zero-order valence-electron chi connectivity index (χ0n) is 11.1. The van der Waals surface area contributed by atoms with Gasteiger partial charge in [0.05, 0.1) is 6.10 Å². The summed E-state index contributed by atoms with van der Waals surface area (Å²) in [5.41, 5.74) is 0. The van der Waals surface area contributed by atoms with Gasteiger partial charge in [-0.3, -0.25) is 0 Å². The van der Waals surface area contributed by atoms with Gasteiger partial charge in [-0.15, -0.1) is 0 Å². The van der Waals surface area contributed by atoms with Crippen LogP contribution in [-0.4, -0.2) is 49.1 Å². The van der Waals surface area contributed by atoms with Crippen LogP contribution in [0, 0.1) is 0 Å². The molecule has 0 amide bonds. The molecule has 2 heterocycles. The van der Waals surface area contributed by atoms with Gasteiger partial charge in [0.1, 0.15) is 11.6 Å². The number of ether oxygens (including phenoxy) is 1. The maximum Gasteiger partial charge on any atom is 0.191 e. The topological polar surface area (TPSA) is 50.3 Å². The van der Waals surface area contributed by atoms with Crippen molar-refractivity contribution in [2.45, 2.75) is 24.6 Å². The lowest BCUT2D eigenvalue weighted by molar-refractivity contribution is 0.0820. The van der Waals surface area contributed by atoms with E-state index >= 15 is 0 Å². The minimum Gasteiger partial charge on any atom is -0.377 e. The number of nitrogens with one attached hydrogen (secondary N) is 1. The number of thioether (sulfide) groups is 1. The summed E-state index contributed by atoms with van der Waals surface area (Å²) >= 11 is 1.56. The summed E-state index contributed by atoms with van der Waals surface area (Å²) in [5.74, 6) is 1.85. The van der Waals surface area contributed by atoms with Gasteiger partial charge in [0.15, 0.2) is 5.16 Å². The molecule has 100 valence electrons. The van der Waals surface area contributed by atoms with Crippen molar-refractivity contribution in [1.82, 2.24) is 9.97 Å². The van der Waals surface area contributed by atoms with E-state index < -0.39 is 0 Å². The van der Waals surface area contributed by atoms with Crippen molar-refractivity contribution in [2.75, 3.05) is 43.2 Å². The largest absolute Gasteiger partial charge is 0.377 e. The van der Waals surface area contributed by atoms with Crippen LogP contribution in [0.3, 0.4) is 0 Å². The van der Waals surface area contributed by atoms with Gasteiger partial charge in [0, 0.05) is 32.8 Å². The summed E-state index contributed by atoms with van der Waals surface area (Å²) in [5, 5.41) is 3.89. The maximum absolute atomic E-state index is 5.66. The quantitative estimate of drug-likeness (QED) is 0.667. The number of nitrogens with zero attached hydrogens (tertiary/aromatic N) is 3. The molecule has 0 aromatic carbocycles. The molecule has 1 aliphatic heterocycles. The molecule has 1 aromatic rings. The van der Waals surface area contributed by atoms with E-state index in [1.54, 1.807) is 11.8 Å². The Kier molecular flexibility index (Phi) is 4.66. The van der Waals surface area contributed by atoms with Crippen LogP contribution < -0.4 is 10.2 Å². The Labute approximate surface area is 112 Å². The van der Waals surface area contributed by atoms with Crippen molar-refractivity contribution in [3.05, 3.63) is 6.07 Å². The molecule has 18 heavy (non-hydrogen) atoms. The normalized spacial score (nSPS) is 20.6. The summed E-state index contributed by atoms with van der Waals surface area (Å²) in [6, 6.07) is 2.00. The van der Waals surface area contributed by atoms with Crippen molar-refractivity contribution in [3.8, 4) is 0 Å². The van der Waals surface area contributed by atoms with Crippen molar-refractivity contribution < 1.29 is 4.74 Å². The highest BCUT2D eigenvalue weighted by molar-refractivity contribution is 7.98. The number of hydrogen-bond donors (Lipinski definition) is 1. The van der Waals surface area contributed by atoms with Gasteiger partial charge in [-0.05, 0) is 19.6 Å². The van der Waals surface area contributed by atoms with E-state index in [9.17, 15) is 0 Å². The van der Waals surface area contributed by atoms with E-state index in [0.717, 1.165) is 42.9 Å². The van der Waals surface area contributed by atoms with Gasteiger partial charge in [-0.2, -0.15) is 0 Å². The first-order valence-electron chi connectivity index (χ1n) is 6.20. The standard InChI is InChI=1S/C12H20N4OS/c1-9-8-16(5-4-6-17-9)11-7-10(13-2)14-12(15-11)18-3/h7,9H,4-6,8H2,1-3H3,(H,13,14,15). The molecule has 1 N–H and O–H groups in total. The molecule has 1 unspecified atom stereocenters. The van der Waals surface area contributed by atoms with Gasteiger partial charge < -0.3 is 15.0 Å². The predicted octanol–water partition coefficient (Wildman–Crippen LogP) is 1.86. The van der Waals surface area contributed by atoms with Crippen molar-refractivity contribution >= 4 is 23.4 Å². The summed E-state index contributed by atoms with van der Waals surface area (Å²) in [6.07, 6.45) is 3.28. The summed E-state index contributed by atoms with van der Waals surface area (Å²) in [7, 11) is 1.88. The third kappa shape index (κ3) is 3.26. The molecule has 0 saturated carbocycles. The highest BCUT2D eigenvalue weighted by Gasteiger charge is 2.17. The SMILES string of the molecule is CNc1cc(N2CCCOC(C)C2)nc(SC)n1. The molecule has 1 fully saturated rings. The minimum atomic E-state index is 0.248. The van der Waals surface area contributed by atoms with Crippen LogP contribution in [-0.2, 0) is 4.74 Å². The predicted molar refractivity (Wildman–Crippen MR) is 75.6 cm³/mol. The van der Waals surface area contributed by atoms with Crippen LogP contribution >= 0.6 is 11.8 Å². The van der Waals surface area contributed by atoms with E-state index in [-0.39, 0.29) is 6.10 Å². The summed E-state index contributed by atoms with van der Waals surface area (Å²) in [6.45, 7) is 4.80. The van der Waals surface area contributed by atoms with E-state index in [1.165, 1.54) is 0 Å². The zero-order chi connectivity index (χ0) is 13.0.